The predicted molar refractivity (Wildman–Crippen MR) is 89.5 cm³/mol. The summed E-state index contributed by atoms with van der Waals surface area (Å²) in [5.74, 6) is 2.60. The predicted octanol–water partition coefficient (Wildman–Crippen LogP) is 4.72. The van der Waals surface area contributed by atoms with Gasteiger partial charge in [0.25, 0.3) is 5.91 Å². The van der Waals surface area contributed by atoms with E-state index < -0.39 is 0 Å². The van der Waals surface area contributed by atoms with E-state index in [1.54, 1.807) is 0 Å². The summed E-state index contributed by atoms with van der Waals surface area (Å²) >= 11 is 1.90. The molecule has 1 aliphatic carbocycles. The second-order valence-electron chi connectivity index (χ2n) is 6.44. The van der Waals surface area contributed by atoms with Gasteiger partial charge in [-0.25, -0.2) is 0 Å². The Hall–Kier alpha value is -0.960. The van der Waals surface area contributed by atoms with E-state index in [1.807, 2.05) is 23.9 Å². The molecule has 1 aromatic rings. The van der Waals surface area contributed by atoms with Crippen molar-refractivity contribution in [3.8, 4) is 0 Å². The van der Waals surface area contributed by atoms with Crippen LogP contribution in [-0.4, -0.2) is 22.6 Å². The Labute approximate surface area is 132 Å². The standard InChI is InChI=1S/C18H25NOS/c1-4-21-18-15-10-6-5-9-14(15)17(20)19(18)16-11-7-8-12(2)13(16)3/h5-6,9-10,12-13,16,18H,4,7-8,11H2,1-3H3. The van der Waals surface area contributed by atoms with Crippen LogP contribution in [-0.2, 0) is 0 Å². The van der Waals surface area contributed by atoms with Gasteiger partial charge in [0.2, 0.25) is 0 Å². The summed E-state index contributed by atoms with van der Waals surface area (Å²) in [6.07, 6.45) is 3.71. The fourth-order valence-electron chi connectivity index (χ4n) is 3.90. The molecule has 0 N–H and O–H groups in total. The van der Waals surface area contributed by atoms with Crippen molar-refractivity contribution in [2.24, 2.45) is 11.8 Å². The van der Waals surface area contributed by atoms with Crippen LogP contribution in [0, 0.1) is 11.8 Å². The highest BCUT2D eigenvalue weighted by atomic mass is 32.2. The Bertz CT molecular complexity index is 530. The van der Waals surface area contributed by atoms with Crippen LogP contribution in [0.3, 0.4) is 0 Å². The second kappa shape index (κ2) is 6.04. The number of hydrogen-bond acceptors (Lipinski definition) is 2. The molecular formula is C18H25NOS. The van der Waals surface area contributed by atoms with Crippen molar-refractivity contribution < 1.29 is 4.79 Å². The lowest BCUT2D eigenvalue weighted by atomic mass is 9.77. The number of rotatable bonds is 3. The number of amides is 1. The fraction of sp³-hybridized carbons (Fsp3) is 0.611. The highest BCUT2D eigenvalue weighted by Gasteiger charge is 2.43. The van der Waals surface area contributed by atoms with Gasteiger partial charge in [0.1, 0.15) is 5.37 Å². The Morgan fingerprint density at radius 2 is 2.00 bits per heavy atom. The Kier molecular flexibility index (Phi) is 4.30. The highest BCUT2D eigenvalue weighted by molar-refractivity contribution is 7.99. The molecule has 2 aliphatic rings. The maximum Gasteiger partial charge on any atom is 0.255 e. The largest absolute Gasteiger partial charge is 0.319 e. The molecule has 3 rings (SSSR count). The van der Waals surface area contributed by atoms with Gasteiger partial charge in [0, 0.05) is 11.6 Å². The molecule has 4 unspecified atom stereocenters. The van der Waals surface area contributed by atoms with Gasteiger partial charge >= 0.3 is 0 Å². The summed E-state index contributed by atoms with van der Waals surface area (Å²) < 4.78 is 0. The van der Waals surface area contributed by atoms with Crippen molar-refractivity contribution in [2.45, 2.75) is 51.4 Å². The van der Waals surface area contributed by atoms with Crippen molar-refractivity contribution in [2.75, 3.05) is 5.75 Å². The monoisotopic (exact) mass is 303 g/mol. The molecule has 1 aliphatic heterocycles. The average Bonchev–Trinajstić information content (AvgIpc) is 2.76. The van der Waals surface area contributed by atoms with Gasteiger partial charge in [0.05, 0.1) is 0 Å². The zero-order chi connectivity index (χ0) is 15.0. The smallest absolute Gasteiger partial charge is 0.255 e. The van der Waals surface area contributed by atoms with Crippen molar-refractivity contribution >= 4 is 17.7 Å². The first-order valence-electron chi connectivity index (χ1n) is 8.18. The summed E-state index contributed by atoms with van der Waals surface area (Å²) in [6, 6.07) is 8.58. The molecule has 0 bridgehead atoms. The lowest BCUT2D eigenvalue weighted by Gasteiger charge is -2.42. The first-order valence-corrected chi connectivity index (χ1v) is 9.23. The quantitative estimate of drug-likeness (QED) is 0.805. The number of fused-ring (bicyclic) bond motifs is 1. The molecule has 0 aromatic heterocycles. The van der Waals surface area contributed by atoms with Crippen molar-refractivity contribution in [3.63, 3.8) is 0 Å². The van der Waals surface area contributed by atoms with E-state index >= 15 is 0 Å². The van der Waals surface area contributed by atoms with E-state index in [2.05, 4.69) is 37.8 Å². The molecule has 0 radical (unpaired) electrons. The van der Waals surface area contributed by atoms with Gasteiger partial charge in [-0.05, 0) is 35.6 Å². The zero-order valence-electron chi connectivity index (χ0n) is 13.2. The molecule has 1 aromatic carbocycles. The molecule has 0 spiro atoms. The number of nitrogens with zero attached hydrogens (tertiary/aromatic N) is 1. The van der Waals surface area contributed by atoms with Crippen LogP contribution in [0.25, 0.3) is 0 Å². The molecule has 4 atom stereocenters. The summed E-state index contributed by atoms with van der Waals surface area (Å²) in [4.78, 5) is 15.2. The second-order valence-corrected chi connectivity index (χ2v) is 7.80. The van der Waals surface area contributed by atoms with E-state index in [0.717, 1.165) is 17.7 Å². The van der Waals surface area contributed by atoms with Crippen LogP contribution in [0.5, 0.6) is 0 Å². The molecule has 3 heteroatoms. The average molecular weight is 303 g/mol. The number of carbonyl (C=O) groups is 1. The topological polar surface area (TPSA) is 20.3 Å². The first-order chi connectivity index (χ1) is 10.1. The third kappa shape index (κ3) is 2.50. The SMILES string of the molecule is CCSC1c2ccccc2C(=O)N1C1CCCC(C)C1C. The van der Waals surface area contributed by atoms with Crippen molar-refractivity contribution in [1.82, 2.24) is 4.90 Å². The number of thioether (sulfide) groups is 1. The third-order valence-corrected chi connectivity index (χ3v) is 6.42. The van der Waals surface area contributed by atoms with Crippen LogP contribution in [0.2, 0.25) is 0 Å². The number of benzene rings is 1. The Morgan fingerprint density at radius 3 is 2.76 bits per heavy atom. The van der Waals surface area contributed by atoms with Crippen molar-refractivity contribution in [1.29, 1.82) is 0 Å². The van der Waals surface area contributed by atoms with Crippen LogP contribution in [0.4, 0.5) is 0 Å². The first kappa shape index (κ1) is 15.0. The van der Waals surface area contributed by atoms with Crippen LogP contribution in [0.15, 0.2) is 24.3 Å². The van der Waals surface area contributed by atoms with Crippen LogP contribution in [0.1, 0.15) is 61.3 Å². The lowest BCUT2D eigenvalue weighted by Crippen LogP contribution is -2.45. The minimum Gasteiger partial charge on any atom is -0.319 e. The van der Waals surface area contributed by atoms with Crippen LogP contribution < -0.4 is 0 Å². The normalized spacial score (nSPS) is 32.3. The maximum absolute atomic E-state index is 12.9. The van der Waals surface area contributed by atoms with E-state index in [9.17, 15) is 4.79 Å². The Morgan fingerprint density at radius 1 is 1.24 bits per heavy atom. The van der Waals surface area contributed by atoms with Crippen LogP contribution >= 0.6 is 11.8 Å². The van der Waals surface area contributed by atoms with Crippen molar-refractivity contribution in [3.05, 3.63) is 35.4 Å². The third-order valence-electron chi connectivity index (χ3n) is 5.29. The molecule has 1 saturated carbocycles. The van der Waals surface area contributed by atoms with E-state index in [1.165, 1.54) is 18.4 Å². The minimum atomic E-state index is 0.219. The molecule has 0 saturated heterocycles. The maximum atomic E-state index is 12.9. The molecular weight excluding hydrogens is 278 g/mol. The Balaban J connectivity index is 1.96. The molecule has 1 heterocycles. The number of hydrogen-bond donors (Lipinski definition) is 0. The summed E-state index contributed by atoms with van der Waals surface area (Å²) in [5.41, 5.74) is 2.15. The van der Waals surface area contributed by atoms with E-state index in [-0.39, 0.29) is 11.3 Å². The number of carbonyl (C=O) groups excluding carboxylic acids is 1. The fourth-order valence-corrected chi connectivity index (χ4v) is 5.01. The van der Waals surface area contributed by atoms with Gasteiger partial charge in [0.15, 0.2) is 0 Å². The van der Waals surface area contributed by atoms with Gasteiger partial charge in [-0.3, -0.25) is 4.79 Å². The molecule has 1 amide bonds. The summed E-state index contributed by atoms with van der Waals surface area (Å²) in [5, 5.41) is 0.219. The van der Waals surface area contributed by atoms with E-state index in [0.29, 0.717) is 17.9 Å². The van der Waals surface area contributed by atoms with Gasteiger partial charge < -0.3 is 4.90 Å². The highest BCUT2D eigenvalue weighted by Crippen LogP contribution is 2.46. The van der Waals surface area contributed by atoms with Gasteiger partial charge in [-0.15, -0.1) is 11.8 Å². The lowest BCUT2D eigenvalue weighted by molar-refractivity contribution is 0.0490. The zero-order valence-corrected chi connectivity index (χ0v) is 14.0. The molecule has 21 heavy (non-hydrogen) atoms. The minimum absolute atomic E-state index is 0.219. The van der Waals surface area contributed by atoms with E-state index in [4.69, 9.17) is 0 Å². The molecule has 2 nitrogen and oxygen atoms in total. The van der Waals surface area contributed by atoms with Gasteiger partial charge in [-0.1, -0.05) is 51.8 Å². The summed E-state index contributed by atoms with van der Waals surface area (Å²) in [7, 11) is 0. The molecule has 114 valence electrons. The molecule has 1 fully saturated rings. The summed E-state index contributed by atoms with van der Waals surface area (Å²) in [6.45, 7) is 6.85. The van der Waals surface area contributed by atoms with Gasteiger partial charge in [-0.2, -0.15) is 0 Å².